The van der Waals surface area contributed by atoms with Crippen LogP contribution in [0.15, 0.2) is 36.4 Å². The normalized spacial score (nSPS) is 15.9. The first kappa shape index (κ1) is 23.2. The second kappa shape index (κ2) is 9.33. The lowest BCUT2D eigenvalue weighted by Gasteiger charge is -2.35. The number of Topliss-reactive ketones (excluding diaryl/α,β-unsaturated/α-hetero) is 1. The van der Waals surface area contributed by atoms with Gasteiger partial charge in [-0.25, -0.2) is 12.7 Å². The molecule has 1 aliphatic heterocycles. The second-order valence-electron chi connectivity index (χ2n) is 8.14. The van der Waals surface area contributed by atoms with E-state index in [0.29, 0.717) is 42.8 Å². The third-order valence-corrected chi connectivity index (χ3v) is 7.29. The van der Waals surface area contributed by atoms with E-state index in [1.54, 1.807) is 42.1 Å². The topological polar surface area (TPSA) is 91.7 Å². The summed E-state index contributed by atoms with van der Waals surface area (Å²) in [4.78, 5) is 27.5. The molecule has 1 aromatic heterocycles. The fourth-order valence-electron chi connectivity index (χ4n) is 3.97. The summed E-state index contributed by atoms with van der Waals surface area (Å²) in [7, 11) is -1.60. The Balaban J connectivity index is 1.63. The average molecular weight is 447 g/mol. The van der Waals surface area contributed by atoms with Gasteiger partial charge in [-0.15, -0.1) is 0 Å². The second-order valence-corrected chi connectivity index (χ2v) is 10.2. The fraction of sp³-hybridized carbons (Fsp3) is 0.455. The third-order valence-electron chi connectivity index (χ3n) is 5.94. The van der Waals surface area contributed by atoms with Gasteiger partial charge in [-0.05, 0) is 44.9 Å². The molecule has 0 unspecified atom stereocenters. The van der Waals surface area contributed by atoms with Crippen LogP contribution in [0, 0.1) is 13.8 Å². The maximum absolute atomic E-state index is 13.0. The van der Waals surface area contributed by atoms with E-state index >= 15 is 0 Å². The molecule has 3 rings (SSSR count). The zero-order valence-electron chi connectivity index (χ0n) is 18.5. The van der Waals surface area contributed by atoms with Gasteiger partial charge in [-0.3, -0.25) is 24.6 Å². The molecule has 1 fully saturated rings. The molecule has 0 radical (unpaired) electrons. The van der Waals surface area contributed by atoms with Crippen LogP contribution in [0.2, 0.25) is 0 Å². The summed E-state index contributed by atoms with van der Waals surface area (Å²) in [5, 5.41) is 0. The summed E-state index contributed by atoms with van der Waals surface area (Å²) in [5.74, 6) is -0.248. The Morgan fingerprint density at radius 2 is 1.74 bits per heavy atom. The van der Waals surface area contributed by atoms with Crippen LogP contribution in [0.5, 0.6) is 0 Å². The summed E-state index contributed by atoms with van der Waals surface area (Å²) in [6.07, 6.45) is 2.61. The highest BCUT2D eigenvalue weighted by atomic mass is 32.2. The molecule has 8 nitrogen and oxygen atoms in total. The molecule has 1 amide bonds. The van der Waals surface area contributed by atoms with Crippen LogP contribution < -0.4 is 5.43 Å². The van der Waals surface area contributed by atoms with Crippen molar-refractivity contribution in [2.24, 2.45) is 0 Å². The average Bonchev–Trinajstić information content (AvgIpc) is 3.02. The lowest BCUT2D eigenvalue weighted by Crippen LogP contribution is -2.46. The van der Waals surface area contributed by atoms with E-state index in [1.807, 2.05) is 19.9 Å². The van der Waals surface area contributed by atoms with Gasteiger partial charge >= 0.3 is 0 Å². The van der Waals surface area contributed by atoms with Gasteiger partial charge < -0.3 is 0 Å². The Morgan fingerprint density at radius 3 is 2.32 bits per heavy atom. The van der Waals surface area contributed by atoms with Crippen molar-refractivity contribution >= 4 is 21.7 Å². The number of hydrogen-bond acceptors (Lipinski definition) is 5. The number of nitrogens with zero attached hydrogens (tertiary/aromatic N) is 3. The van der Waals surface area contributed by atoms with Crippen LogP contribution in [0.4, 0.5) is 0 Å². The quantitative estimate of drug-likeness (QED) is 0.657. The Morgan fingerprint density at radius 1 is 1.13 bits per heavy atom. The minimum Gasteiger partial charge on any atom is -0.296 e. The smallest absolute Gasteiger partial charge is 0.270 e. The number of aryl methyl sites for hydroxylation is 1. The maximum Gasteiger partial charge on any atom is 0.270 e. The molecule has 0 aliphatic carbocycles. The van der Waals surface area contributed by atoms with Crippen LogP contribution in [0.25, 0.3) is 0 Å². The van der Waals surface area contributed by atoms with E-state index in [4.69, 9.17) is 0 Å². The molecule has 1 N–H and O–H groups in total. The maximum atomic E-state index is 13.0. The minimum absolute atomic E-state index is 0.0109. The molecule has 1 aliphatic rings. The highest BCUT2D eigenvalue weighted by Crippen LogP contribution is 2.20. The SMILES string of the molecule is Cc1cc(C(=O)CN2CCC(N(C)S(C)(=O)=O)CC2)c(C)n1NC(=O)c1ccccc1. The van der Waals surface area contributed by atoms with Crippen molar-refractivity contribution in [2.45, 2.75) is 32.7 Å². The molecule has 2 aromatic rings. The van der Waals surface area contributed by atoms with Crippen LogP contribution >= 0.6 is 0 Å². The van der Waals surface area contributed by atoms with Gasteiger partial charge in [0.05, 0.1) is 12.8 Å². The van der Waals surface area contributed by atoms with Crippen molar-refractivity contribution in [2.75, 3.05) is 38.4 Å². The van der Waals surface area contributed by atoms with Gasteiger partial charge in [0.25, 0.3) is 5.91 Å². The molecule has 0 atom stereocenters. The van der Waals surface area contributed by atoms with E-state index in [1.165, 1.54) is 10.6 Å². The van der Waals surface area contributed by atoms with Gasteiger partial charge in [0.15, 0.2) is 5.78 Å². The molecule has 0 bridgehead atoms. The predicted octanol–water partition coefficient (Wildman–Crippen LogP) is 2.03. The number of likely N-dealkylation sites (tertiary alicyclic amines) is 1. The Bertz CT molecular complexity index is 1050. The van der Waals surface area contributed by atoms with Crippen LogP contribution in [-0.2, 0) is 10.0 Å². The number of carbonyl (C=O) groups excluding carboxylic acids is 2. The molecule has 9 heteroatoms. The van der Waals surface area contributed by atoms with Crippen molar-refractivity contribution in [1.82, 2.24) is 13.9 Å². The van der Waals surface area contributed by atoms with E-state index in [0.717, 1.165) is 5.69 Å². The number of aromatic nitrogens is 1. The summed E-state index contributed by atoms with van der Waals surface area (Å²) in [6, 6.07) is 10.7. The first-order valence-electron chi connectivity index (χ1n) is 10.3. The first-order valence-corrected chi connectivity index (χ1v) is 12.2. The molecular formula is C22H30N4O4S. The predicted molar refractivity (Wildman–Crippen MR) is 120 cm³/mol. The first-order chi connectivity index (χ1) is 14.6. The van der Waals surface area contributed by atoms with Crippen molar-refractivity contribution < 1.29 is 18.0 Å². The molecule has 0 saturated carbocycles. The van der Waals surface area contributed by atoms with Crippen molar-refractivity contribution in [3.63, 3.8) is 0 Å². The number of amides is 1. The molecule has 2 heterocycles. The van der Waals surface area contributed by atoms with Gasteiger partial charge in [-0.2, -0.15) is 0 Å². The zero-order chi connectivity index (χ0) is 22.8. The van der Waals surface area contributed by atoms with Crippen molar-refractivity contribution in [1.29, 1.82) is 0 Å². The van der Waals surface area contributed by atoms with Gasteiger partial charge in [0.2, 0.25) is 10.0 Å². The number of benzene rings is 1. The summed E-state index contributed by atoms with van der Waals surface area (Å²) >= 11 is 0. The molecule has 168 valence electrons. The lowest BCUT2D eigenvalue weighted by molar-refractivity contribution is 0.0889. The molecular weight excluding hydrogens is 416 g/mol. The summed E-state index contributed by atoms with van der Waals surface area (Å²) in [5.41, 5.74) is 5.46. The molecule has 0 spiro atoms. The largest absolute Gasteiger partial charge is 0.296 e. The number of carbonyl (C=O) groups is 2. The number of nitrogens with one attached hydrogen (secondary N) is 1. The minimum atomic E-state index is -3.21. The fourth-order valence-corrected chi connectivity index (χ4v) is 4.73. The Kier molecular flexibility index (Phi) is 6.98. The summed E-state index contributed by atoms with van der Waals surface area (Å²) in [6.45, 7) is 5.27. The van der Waals surface area contributed by atoms with Gasteiger partial charge in [-0.1, -0.05) is 18.2 Å². The van der Waals surface area contributed by atoms with E-state index in [9.17, 15) is 18.0 Å². The molecule has 1 saturated heterocycles. The van der Waals surface area contributed by atoms with E-state index < -0.39 is 10.0 Å². The number of ketones is 1. The monoisotopic (exact) mass is 446 g/mol. The Hall–Kier alpha value is -2.49. The number of rotatable bonds is 7. The summed E-state index contributed by atoms with van der Waals surface area (Å²) < 4.78 is 26.6. The Labute approximate surface area is 183 Å². The zero-order valence-corrected chi connectivity index (χ0v) is 19.3. The van der Waals surface area contributed by atoms with Gasteiger partial charge in [0, 0.05) is 48.7 Å². The van der Waals surface area contributed by atoms with E-state index in [2.05, 4.69) is 10.3 Å². The number of hydrogen-bond donors (Lipinski definition) is 1. The van der Waals surface area contributed by atoms with Crippen LogP contribution in [0.3, 0.4) is 0 Å². The van der Waals surface area contributed by atoms with Crippen LogP contribution in [0.1, 0.15) is 44.9 Å². The highest BCUT2D eigenvalue weighted by Gasteiger charge is 2.28. The standard InChI is InChI=1S/C22H30N4O4S/c1-16-14-20(17(2)26(16)23-22(28)18-8-6-5-7-9-18)21(27)15-25-12-10-19(11-13-25)24(3)31(4,29)30/h5-9,14,19H,10-13,15H2,1-4H3,(H,23,28). The van der Waals surface area contributed by atoms with Gasteiger partial charge in [0.1, 0.15) is 0 Å². The molecule has 31 heavy (non-hydrogen) atoms. The molecule has 1 aromatic carbocycles. The van der Waals surface area contributed by atoms with Crippen LogP contribution in [-0.4, -0.2) is 73.0 Å². The lowest BCUT2D eigenvalue weighted by atomic mass is 10.0. The van der Waals surface area contributed by atoms with E-state index in [-0.39, 0.29) is 24.3 Å². The number of piperidine rings is 1. The van der Waals surface area contributed by atoms with Crippen molar-refractivity contribution in [3.8, 4) is 0 Å². The number of sulfonamides is 1. The van der Waals surface area contributed by atoms with Crippen molar-refractivity contribution in [3.05, 3.63) is 58.9 Å². The highest BCUT2D eigenvalue weighted by molar-refractivity contribution is 7.88. The third kappa shape index (κ3) is 5.41.